The molecule has 0 bridgehead atoms. The standard InChI is InChI=1S/C13H21N3O/c1-9-5-6-12(11(3)10(9)2)7-8-16(4)13(17)15-14/h5-6H,7-8,14H2,1-4H3,(H,15,17). The highest BCUT2D eigenvalue weighted by Crippen LogP contribution is 2.17. The van der Waals surface area contributed by atoms with E-state index in [1.165, 1.54) is 22.3 Å². The van der Waals surface area contributed by atoms with Crippen molar-refractivity contribution in [3.63, 3.8) is 0 Å². The van der Waals surface area contributed by atoms with E-state index in [1.54, 1.807) is 11.9 Å². The fourth-order valence-electron chi connectivity index (χ4n) is 1.78. The molecule has 17 heavy (non-hydrogen) atoms. The number of urea groups is 1. The fraction of sp³-hybridized carbons (Fsp3) is 0.462. The topological polar surface area (TPSA) is 58.4 Å². The lowest BCUT2D eigenvalue weighted by molar-refractivity contribution is 0.209. The highest BCUT2D eigenvalue weighted by atomic mass is 16.2. The van der Waals surface area contributed by atoms with Crippen LogP contribution in [0.5, 0.6) is 0 Å². The van der Waals surface area contributed by atoms with Crippen molar-refractivity contribution in [2.45, 2.75) is 27.2 Å². The summed E-state index contributed by atoms with van der Waals surface area (Å²) in [7, 11) is 1.73. The van der Waals surface area contributed by atoms with Crippen LogP contribution in [0.4, 0.5) is 4.79 Å². The molecule has 4 nitrogen and oxygen atoms in total. The van der Waals surface area contributed by atoms with E-state index < -0.39 is 0 Å². The maximum absolute atomic E-state index is 11.2. The van der Waals surface area contributed by atoms with E-state index in [0.29, 0.717) is 6.54 Å². The van der Waals surface area contributed by atoms with Gasteiger partial charge in [-0.1, -0.05) is 12.1 Å². The first kappa shape index (κ1) is 13.5. The van der Waals surface area contributed by atoms with E-state index in [0.717, 1.165) is 6.42 Å². The molecule has 1 aromatic rings. The van der Waals surface area contributed by atoms with Crippen LogP contribution in [0.2, 0.25) is 0 Å². The molecule has 0 atom stereocenters. The van der Waals surface area contributed by atoms with Gasteiger partial charge in [0.15, 0.2) is 0 Å². The molecule has 3 N–H and O–H groups in total. The Bertz CT molecular complexity index is 415. The second kappa shape index (κ2) is 5.68. The Balaban J connectivity index is 2.70. The van der Waals surface area contributed by atoms with Crippen molar-refractivity contribution >= 4 is 6.03 Å². The molecular formula is C13H21N3O. The number of hydrazine groups is 1. The van der Waals surface area contributed by atoms with Gasteiger partial charge in [0.1, 0.15) is 0 Å². The summed E-state index contributed by atoms with van der Waals surface area (Å²) in [5.74, 6) is 5.07. The first-order chi connectivity index (χ1) is 7.97. The predicted octanol–water partition coefficient (Wildman–Crippen LogP) is 1.67. The minimum absolute atomic E-state index is 0.258. The molecule has 0 aliphatic rings. The van der Waals surface area contributed by atoms with Gasteiger partial charge >= 0.3 is 6.03 Å². The van der Waals surface area contributed by atoms with Gasteiger partial charge in [0.05, 0.1) is 0 Å². The number of carbonyl (C=O) groups excluding carboxylic acids is 1. The van der Waals surface area contributed by atoms with Gasteiger partial charge in [0, 0.05) is 13.6 Å². The summed E-state index contributed by atoms with van der Waals surface area (Å²) in [6, 6.07) is 4.00. The van der Waals surface area contributed by atoms with Crippen molar-refractivity contribution in [2.24, 2.45) is 5.84 Å². The van der Waals surface area contributed by atoms with E-state index in [1.807, 2.05) is 0 Å². The smallest absolute Gasteiger partial charge is 0.326 e. The minimum atomic E-state index is -0.258. The van der Waals surface area contributed by atoms with Crippen LogP contribution in [-0.2, 0) is 6.42 Å². The number of carbonyl (C=O) groups is 1. The molecule has 0 fully saturated rings. The number of benzene rings is 1. The first-order valence-electron chi connectivity index (χ1n) is 5.74. The van der Waals surface area contributed by atoms with Gasteiger partial charge < -0.3 is 4.90 Å². The molecule has 94 valence electrons. The summed E-state index contributed by atoms with van der Waals surface area (Å²) in [5.41, 5.74) is 7.35. The first-order valence-corrected chi connectivity index (χ1v) is 5.74. The molecule has 4 heteroatoms. The second-order valence-electron chi connectivity index (χ2n) is 4.41. The van der Waals surface area contributed by atoms with Gasteiger partial charge in [-0.15, -0.1) is 0 Å². The summed E-state index contributed by atoms with van der Waals surface area (Å²) in [6.45, 7) is 7.03. The average Bonchev–Trinajstić information content (AvgIpc) is 2.33. The summed E-state index contributed by atoms with van der Waals surface area (Å²) < 4.78 is 0. The van der Waals surface area contributed by atoms with Crippen molar-refractivity contribution in [3.8, 4) is 0 Å². The van der Waals surface area contributed by atoms with Crippen LogP contribution in [0.15, 0.2) is 12.1 Å². The molecular weight excluding hydrogens is 214 g/mol. The minimum Gasteiger partial charge on any atom is -0.326 e. The van der Waals surface area contributed by atoms with E-state index in [9.17, 15) is 4.79 Å². The van der Waals surface area contributed by atoms with Crippen molar-refractivity contribution in [2.75, 3.05) is 13.6 Å². The molecule has 0 aromatic heterocycles. The summed E-state index contributed by atoms with van der Waals surface area (Å²) in [5, 5.41) is 0. The van der Waals surface area contributed by atoms with Crippen LogP contribution in [0, 0.1) is 20.8 Å². The maximum Gasteiger partial charge on any atom is 0.331 e. The Kier molecular flexibility index (Phi) is 4.52. The van der Waals surface area contributed by atoms with Crippen LogP contribution < -0.4 is 11.3 Å². The molecule has 0 aliphatic heterocycles. The summed E-state index contributed by atoms with van der Waals surface area (Å²) >= 11 is 0. The second-order valence-corrected chi connectivity index (χ2v) is 4.41. The van der Waals surface area contributed by atoms with E-state index in [2.05, 4.69) is 38.3 Å². The SMILES string of the molecule is Cc1ccc(CCN(C)C(=O)NN)c(C)c1C. The van der Waals surface area contributed by atoms with Gasteiger partial charge in [0.2, 0.25) is 0 Å². The Hall–Kier alpha value is -1.55. The Morgan fingerprint density at radius 3 is 2.53 bits per heavy atom. The highest BCUT2D eigenvalue weighted by Gasteiger charge is 2.08. The molecule has 0 radical (unpaired) electrons. The third kappa shape index (κ3) is 3.20. The normalized spacial score (nSPS) is 10.2. The Morgan fingerprint density at radius 1 is 1.29 bits per heavy atom. The zero-order valence-corrected chi connectivity index (χ0v) is 11.0. The molecule has 0 saturated carbocycles. The molecule has 0 unspecified atom stereocenters. The molecule has 0 aliphatic carbocycles. The van der Waals surface area contributed by atoms with Crippen LogP contribution in [0.3, 0.4) is 0 Å². The number of nitrogens with two attached hydrogens (primary N) is 1. The quantitative estimate of drug-likeness (QED) is 0.475. The Morgan fingerprint density at radius 2 is 1.94 bits per heavy atom. The zero-order valence-electron chi connectivity index (χ0n) is 11.0. The van der Waals surface area contributed by atoms with Gasteiger partial charge in [-0.05, 0) is 49.4 Å². The van der Waals surface area contributed by atoms with E-state index in [4.69, 9.17) is 5.84 Å². The van der Waals surface area contributed by atoms with Crippen LogP contribution in [-0.4, -0.2) is 24.5 Å². The van der Waals surface area contributed by atoms with E-state index >= 15 is 0 Å². The third-order valence-electron chi connectivity index (χ3n) is 3.36. The van der Waals surface area contributed by atoms with Crippen LogP contribution in [0.1, 0.15) is 22.3 Å². The number of hydrogen-bond donors (Lipinski definition) is 2. The molecule has 0 heterocycles. The van der Waals surface area contributed by atoms with Crippen molar-refractivity contribution in [1.29, 1.82) is 0 Å². The number of aryl methyl sites for hydroxylation is 1. The average molecular weight is 235 g/mol. The molecule has 1 rings (SSSR count). The molecule has 0 spiro atoms. The number of hydrogen-bond acceptors (Lipinski definition) is 2. The van der Waals surface area contributed by atoms with Crippen molar-refractivity contribution < 1.29 is 4.79 Å². The molecule has 1 aromatic carbocycles. The number of likely N-dealkylation sites (N-methyl/N-ethyl adjacent to an activating group) is 1. The van der Waals surface area contributed by atoms with Crippen LogP contribution >= 0.6 is 0 Å². The summed E-state index contributed by atoms with van der Waals surface area (Å²) in [4.78, 5) is 12.8. The predicted molar refractivity (Wildman–Crippen MR) is 69.7 cm³/mol. The molecule has 2 amide bonds. The van der Waals surface area contributed by atoms with Gasteiger partial charge in [-0.3, -0.25) is 5.43 Å². The summed E-state index contributed by atoms with van der Waals surface area (Å²) in [6.07, 6.45) is 0.844. The largest absolute Gasteiger partial charge is 0.331 e. The third-order valence-corrected chi connectivity index (χ3v) is 3.36. The van der Waals surface area contributed by atoms with E-state index in [-0.39, 0.29) is 6.03 Å². The Labute approximate surface area is 103 Å². The number of amides is 2. The number of nitrogens with zero attached hydrogens (tertiary/aromatic N) is 1. The monoisotopic (exact) mass is 235 g/mol. The number of rotatable bonds is 3. The van der Waals surface area contributed by atoms with Gasteiger partial charge in [-0.2, -0.15) is 0 Å². The lowest BCUT2D eigenvalue weighted by atomic mass is 9.97. The zero-order chi connectivity index (χ0) is 13.0. The number of nitrogens with one attached hydrogen (secondary N) is 1. The lowest BCUT2D eigenvalue weighted by Gasteiger charge is -2.17. The lowest BCUT2D eigenvalue weighted by Crippen LogP contribution is -2.42. The molecule has 0 saturated heterocycles. The maximum atomic E-state index is 11.2. The fourth-order valence-corrected chi connectivity index (χ4v) is 1.78. The van der Waals surface area contributed by atoms with Gasteiger partial charge in [-0.25, -0.2) is 10.6 Å². The van der Waals surface area contributed by atoms with Crippen LogP contribution in [0.25, 0.3) is 0 Å². The van der Waals surface area contributed by atoms with Crippen molar-refractivity contribution in [3.05, 3.63) is 34.4 Å². The highest BCUT2D eigenvalue weighted by molar-refractivity contribution is 5.73. The van der Waals surface area contributed by atoms with Crippen molar-refractivity contribution in [1.82, 2.24) is 10.3 Å². The van der Waals surface area contributed by atoms with Gasteiger partial charge in [0.25, 0.3) is 0 Å².